The van der Waals surface area contributed by atoms with Crippen LogP contribution in [0.1, 0.15) is 15.9 Å². The first-order valence-electron chi connectivity index (χ1n) is 6.05. The minimum Gasteiger partial charge on any atom is -0.478 e. The smallest absolute Gasteiger partial charge is 0.336 e. The van der Waals surface area contributed by atoms with Crippen molar-refractivity contribution < 1.29 is 9.90 Å². The fourth-order valence-corrected chi connectivity index (χ4v) is 2.47. The molecule has 4 nitrogen and oxygen atoms in total. The normalized spacial score (nSPS) is 10.9. The summed E-state index contributed by atoms with van der Waals surface area (Å²) in [5, 5.41) is 17.7. The number of hydrogen-bond acceptors (Lipinski definition) is 2. The van der Waals surface area contributed by atoms with E-state index in [2.05, 4.69) is 10.2 Å². The Balaban J connectivity index is 2.37. The van der Waals surface area contributed by atoms with Crippen LogP contribution in [0.25, 0.3) is 22.2 Å². The highest BCUT2D eigenvalue weighted by molar-refractivity contribution is 6.31. The van der Waals surface area contributed by atoms with E-state index in [0.717, 1.165) is 11.1 Å². The van der Waals surface area contributed by atoms with Crippen LogP contribution in [0, 0.1) is 6.92 Å². The molecule has 1 aromatic heterocycles. The van der Waals surface area contributed by atoms with Crippen LogP contribution in [0.5, 0.6) is 0 Å². The second-order valence-corrected chi connectivity index (χ2v) is 5.00. The highest BCUT2D eigenvalue weighted by atomic mass is 35.5. The lowest BCUT2D eigenvalue weighted by atomic mass is 10.00. The molecule has 0 unspecified atom stereocenters. The van der Waals surface area contributed by atoms with Gasteiger partial charge in [-0.05, 0) is 36.8 Å². The van der Waals surface area contributed by atoms with Crippen LogP contribution in [0.4, 0.5) is 0 Å². The molecule has 0 aliphatic carbocycles. The van der Waals surface area contributed by atoms with Gasteiger partial charge in [-0.15, -0.1) is 0 Å². The Hall–Kier alpha value is -2.33. The first kappa shape index (κ1) is 12.7. The van der Waals surface area contributed by atoms with Crippen LogP contribution in [0.3, 0.4) is 0 Å². The molecule has 0 amide bonds. The zero-order chi connectivity index (χ0) is 14.3. The third kappa shape index (κ3) is 1.94. The molecule has 100 valence electrons. The molecule has 2 N–H and O–H groups in total. The number of carboxylic acids is 1. The number of aromatic nitrogens is 2. The maximum Gasteiger partial charge on any atom is 0.336 e. The van der Waals surface area contributed by atoms with Gasteiger partial charge in [0, 0.05) is 16.0 Å². The number of nitrogens with zero attached hydrogens (tertiary/aromatic N) is 1. The molecule has 0 saturated carbocycles. The molecule has 20 heavy (non-hydrogen) atoms. The number of aromatic carboxylic acids is 1. The van der Waals surface area contributed by atoms with Gasteiger partial charge in [0.05, 0.1) is 11.1 Å². The number of fused-ring (bicyclic) bond motifs is 1. The number of nitrogens with one attached hydrogen (secondary N) is 1. The predicted molar refractivity (Wildman–Crippen MR) is 78.2 cm³/mol. The first-order valence-corrected chi connectivity index (χ1v) is 6.42. The van der Waals surface area contributed by atoms with Gasteiger partial charge in [0.2, 0.25) is 0 Å². The van der Waals surface area contributed by atoms with Crippen molar-refractivity contribution in [2.24, 2.45) is 0 Å². The van der Waals surface area contributed by atoms with E-state index in [1.54, 1.807) is 30.3 Å². The summed E-state index contributed by atoms with van der Waals surface area (Å²) in [7, 11) is 0. The number of rotatable bonds is 2. The second-order valence-electron chi connectivity index (χ2n) is 4.56. The molecule has 0 atom stereocenters. The number of hydrogen-bond donors (Lipinski definition) is 2. The molecule has 0 aliphatic heterocycles. The van der Waals surface area contributed by atoms with E-state index >= 15 is 0 Å². The predicted octanol–water partition coefficient (Wildman–Crippen LogP) is 3.89. The summed E-state index contributed by atoms with van der Waals surface area (Å²) in [6.45, 7) is 1.94. The Morgan fingerprint density at radius 2 is 2.10 bits per heavy atom. The largest absolute Gasteiger partial charge is 0.478 e. The van der Waals surface area contributed by atoms with Gasteiger partial charge < -0.3 is 5.11 Å². The fraction of sp³-hybridized carbons (Fsp3) is 0.0667. The summed E-state index contributed by atoms with van der Waals surface area (Å²) in [5.74, 6) is -0.974. The van der Waals surface area contributed by atoms with E-state index in [9.17, 15) is 9.90 Å². The molecule has 0 saturated heterocycles. The minimum absolute atomic E-state index is 0.227. The van der Waals surface area contributed by atoms with Crippen molar-refractivity contribution in [2.45, 2.75) is 6.92 Å². The van der Waals surface area contributed by atoms with Crippen LogP contribution in [-0.2, 0) is 0 Å². The van der Waals surface area contributed by atoms with E-state index in [-0.39, 0.29) is 5.56 Å². The Bertz CT molecular complexity index is 824. The maximum atomic E-state index is 11.4. The van der Waals surface area contributed by atoms with Crippen LogP contribution >= 0.6 is 11.6 Å². The maximum absolute atomic E-state index is 11.4. The number of benzene rings is 2. The highest BCUT2D eigenvalue weighted by Gasteiger charge is 2.17. The highest BCUT2D eigenvalue weighted by Crippen LogP contribution is 2.32. The zero-order valence-corrected chi connectivity index (χ0v) is 11.4. The molecular formula is C15H11ClN2O2. The van der Waals surface area contributed by atoms with E-state index in [4.69, 9.17) is 11.6 Å². The van der Waals surface area contributed by atoms with Crippen LogP contribution in [0.2, 0.25) is 5.02 Å². The van der Waals surface area contributed by atoms with Crippen molar-refractivity contribution in [1.82, 2.24) is 10.2 Å². The SMILES string of the molecule is Cc1ccc(Cl)cc1-c1n[nH]c2cccc(C(=O)O)c12. The number of aryl methyl sites for hydroxylation is 1. The zero-order valence-electron chi connectivity index (χ0n) is 10.6. The molecule has 0 spiro atoms. The van der Waals surface area contributed by atoms with Gasteiger partial charge in [-0.1, -0.05) is 23.7 Å². The van der Waals surface area contributed by atoms with E-state index < -0.39 is 5.97 Å². The van der Waals surface area contributed by atoms with Crippen molar-refractivity contribution in [1.29, 1.82) is 0 Å². The van der Waals surface area contributed by atoms with Crippen molar-refractivity contribution in [3.8, 4) is 11.3 Å². The van der Waals surface area contributed by atoms with E-state index in [1.807, 2.05) is 13.0 Å². The Labute approximate surface area is 120 Å². The lowest BCUT2D eigenvalue weighted by Crippen LogP contribution is -1.97. The van der Waals surface area contributed by atoms with Crippen LogP contribution < -0.4 is 0 Å². The number of H-pyrrole nitrogens is 1. The Morgan fingerprint density at radius 1 is 1.30 bits per heavy atom. The third-order valence-electron chi connectivity index (χ3n) is 3.27. The van der Waals surface area contributed by atoms with Gasteiger partial charge in [0.25, 0.3) is 0 Å². The molecular weight excluding hydrogens is 276 g/mol. The lowest BCUT2D eigenvalue weighted by Gasteiger charge is -2.05. The summed E-state index contributed by atoms with van der Waals surface area (Å²) in [5.41, 5.74) is 3.35. The second kappa shape index (κ2) is 4.65. The van der Waals surface area contributed by atoms with Crippen LogP contribution in [0.15, 0.2) is 36.4 Å². The van der Waals surface area contributed by atoms with Crippen molar-refractivity contribution >= 4 is 28.5 Å². The summed E-state index contributed by atoms with van der Waals surface area (Å²) < 4.78 is 0. The standard InChI is InChI=1S/C15H11ClN2O2/c1-8-5-6-9(16)7-11(8)14-13-10(15(19)20)3-2-4-12(13)17-18-14/h2-7H,1H3,(H,17,18)(H,19,20). The number of halogens is 1. The third-order valence-corrected chi connectivity index (χ3v) is 3.51. The quantitative estimate of drug-likeness (QED) is 0.751. The van der Waals surface area contributed by atoms with Gasteiger partial charge in [-0.2, -0.15) is 5.10 Å². The van der Waals surface area contributed by atoms with Crippen molar-refractivity contribution in [3.05, 3.63) is 52.5 Å². The van der Waals surface area contributed by atoms with Crippen molar-refractivity contribution in [2.75, 3.05) is 0 Å². The molecule has 2 aromatic carbocycles. The van der Waals surface area contributed by atoms with Gasteiger partial charge in [-0.25, -0.2) is 4.79 Å². The average Bonchev–Trinajstić information content (AvgIpc) is 2.85. The minimum atomic E-state index is -0.974. The Kier molecular flexibility index (Phi) is 2.95. The first-order chi connectivity index (χ1) is 9.58. The lowest BCUT2D eigenvalue weighted by molar-refractivity contribution is 0.0699. The summed E-state index contributed by atoms with van der Waals surface area (Å²) in [6, 6.07) is 10.6. The van der Waals surface area contributed by atoms with Gasteiger partial charge in [0.15, 0.2) is 0 Å². The summed E-state index contributed by atoms with van der Waals surface area (Å²) in [4.78, 5) is 11.4. The topological polar surface area (TPSA) is 66.0 Å². The molecule has 0 bridgehead atoms. The van der Waals surface area contributed by atoms with E-state index in [1.165, 1.54) is 0 Å². The molecule has 0 aliphatic rings. The number of carbonyl (C=O) groups is 1. The Morgan fingerprint density at radius 3 is 2.85 bits per heavy atom. The molecule has 0 fully saturated rings. The molecule has 3 aromatic rings. The number of carboxylic acid groups (broad SMARTS) is 1. The average molecular weight is 287 g/mol. The molecule has 1 heterocycles. The van der Waals surface area contributed by atoms with Gasteiger partial charge in [0.1, 0.15) is 5.69 Å². The summed E-state index contributed by atoms with van der Waals surface area (Å²) in [6.07, 6.45) is 0. The number of aromatic amines is 1. The molecule has 0 radical (unpaired) electrons. The molecule has 3 rings (SSSR count). The fourth-order valence-electron chi connectivity index (χ4n) is 2.30. The van der Waals surface area contributed by atoms with Crippen LogP contribution in [-0.4, -0.2) is 21.3 Å². The van der Waals surface area contributed by atoms with Crippen molar-refractivity contribution in [3.63, 3.8) is 0 Å². The molecule has 5 heteroatoms. The monoisotopic (exact) mass is 286 g/mol. The summed E-state index contributed by atoms with van der Waals surface area (Å²) >= 11 is 6.03. The van der Waals surface area contributed by atoms with E-state index in [0.29, 0.717) is 21.6 Å². The van der Waals surface area contributed by atoms with Gasteiger partial charge >= 0.3 is 5.97 Å². The van der Waals surface area contributed by atoms with Gasteiger partial charge in [-0.3, -0.25) is 5.10 Å².